The number of carbonyl (C=O) groups is 1. The molecule has 22 heavy (non-hydrogen) atoms. The van der Waals surface area contributed by atoms with Gasteiger partial charge in [0.2, 0.25) is 0 Å². The Bertz CT molecular complexity index is 609. The Labute approximate surface area is 138 Å². The van der Waals surface area contributed by atoms with Gasteiger partial charge in [-0.25, -0.2) is 4.79 Å². The number of carbonyl (C=O) groups excluding carboxylic acids is 1. The van der Waals surface area contributed by atoms with E-state index in [-0.39, 0.29) is 11.9 Å². The fourth-order valence-electron chi connectivity index (χ4n) is 3.06. The maximum Gasteiger partial charge on any atom is 0.338 e. The van der Waals surface area contributed by atoms with Crippen LogP contribution >= 0.6 is 15.9 Å². The van der Waals surface area contributed by atoms with Gasteiger partial charge < -0.3 is 18.9 Å². The van der Waals surface area contributed by atoms with Crippen LogP contribution in [0.1, 0.15) is 35.7 Å². The van der Waals surface area contributed by atoms with Crippen molar-refractivity contribution in [2.75, 3.05) is 20.3 Å². The van der Waals surface area contributed by atoms with Crippen LogP contribution in [0.4, 0.5) is 0 Å². The highest BCUT2D eigenvalue weighted by molar-refractivity contribution is 9.10. The summed E-state index contributed by atoms with van der Waals surface area (Å²) in [4.78, 5) is 11.9. The van der Waals surface area contributed by atoms with Crippen molar-refractivity contribution in [3.05, 3.63) is 21.7 Å². The Balaban J connectivity index is 1.97. The Morgan fingerprint density at radius 3 is 2.59 bits per heavy atom. The highest BCUT2D eigenvalue weighted by Crippen LogP contribution is 2.50. The number of hydrogen-bond acceptors (Lipinski definition) is 5. The summed E-state index contributed by atoms with van der Waals surface area (Å²) in [6.45, 7) is 5.23. The number of benzene rings is 1. The van der Waals surface area contributed by atoms with E-state index in [4.69, 9.17) is 18.9 Å². The second-order valence-corrected chi connectivity index (χ2v) is 6.64. The second-order valence-electron chi connectivity index (χ2n) is 5.79. The zero-order chi connectivity index (χ0) is 15.9. The van der Waals surface area contributed by atoms with Gasteiger partial charge in [-0.15, -0.1) is 0 Å². The van der Waals surface area contributed by atoms with Crippen LogP contribution in [0, 0.1) is 12.8 Å². The van der Waals surface area contributed by atoms with Crippen molar-refractivity contribution in [1.29, 1.82) is 0 Å². The number of methoxy groups -OCH3 is 1. The fraction of sp³-hybridized carbons (Fsp3) is 0.562. The number of hydrogen-bond donors (Lipinski definition) is 0. The molecule has 120 valence electrons. The maximum absolute atomic E-state index is 11.9. The van der Waals surface area contributed by atoms with E-state index in [0.29, 0.717) is 21.5 Å². The van der Waals surface area contributed by atoms with Gasteiger partial charge in [-0.2, -0.15) is 0 Å². The Hall–Kier alpha value is -1.27. The van der Waals surface area contributed by atoms with Crippen LogP contribution in [0.3, 0.4) is 0 Å². The SMILES string of the molecule is COC(=O)c1cc(Br)c2c(c1C)OC(C)(C1CCOCC1)O2. The van der Waals surface area contributed by atoms with Crippen molar-refractivity contribution in [3.8, 4) is 11.5 Å². The van der Waals surface area contributed by atoms with Gasteiger partial charge in [0.15, 0.2) is 11.5 Å². The van der Waals surface area contributed by atoms with Crippen LogP contribution < -0.4 is 9.47 Å². The molecular formula is C16H19BrO5. The lowest BCUT2D eigenvalue weighted by molar-refractivity contribution is -0.136. The number of halogens is 1. The predicted octanol–water partition coefficient (Wildman–Crippen LogP) is 3.46. The van der Waals surface area contributed by atoms with Crippen LogP contribution in [0.15, 0.2) is 10.5 Å². The minimum absolute atomic E-state index is 0.251. The van der Waals surface area contributed by atoms with Crippen molar-refractivity contribution >= 4 is 21.9 Å². The smallest absolute Gasteiger partial charge is 0.338 e. The first-order valence-corrected chi connectivity index (χ1v) is 8.12. The quantitative estimate of drug-likeness (QED) is 0.746. The molecular weight excluding hydrogens is 352 g/mol. The third-order valence-corrected chi connectivity index (χ3v) is 5.01. The van der Waals surface area contributed by atoms with Crippen molar-refractivity contribution in [1.82, 2.24) is 0 Å². The number of ether oxygens (including phenoxy) is 4. The van der Waals surface area contributed by atoms with E-state index >= 15 is 0 Å². The van der Waals surface area contributed by atoms with E-state index in [1.807, 2.05) is 13.8 Å². The van der Waals surface area contributed by atoms with Crippen LogP contribution in [-0.2, 0) is 9.47 Å². The summed E-state index contributed by atoms with van der Waals surface area (Å²) in [5.41, 5.74) is 1.22. The molecule has 1 aromatic carbocycles. The summed E-state index contributed by atoms with van der Waals surface area (Å²) in [5, 5.41) is 0. The van der Waals surface area contributed by atoms with Crippen LogP contribution in [0.25, 0.3) is 0 Å². The standard InChI is InChI=1S/C16H19BrO5/c1-9-11(15(18)19-3)8-12(17)14-13(9)21-16(2,22-14)10-4-6-20-7-5-10/h8,10H,4-7H2,1-3H3. The van der Waals surface area contributed by atoms with Gasteiger partial charge in [0.25, 0.3) is 5.79 Å². The molecule has 2 aliphatic heterocycles. The first-order valence-electron chi connectivity index (χ1n) is 7.33. The Morgan fingerprint density at radius 2 is 1.95 bits per heavy atom. The molecule has 2 aliphatic rings. The largest absolute Gasteiger partial charge is 0.465 e. The van der Waals surface area contributed by atoms with E-state index < -0.39 is 5.79 Å². The Morgan fingerprint density at radius 1 is 1.32 bits per heavy atom. The van der Waals surface area contributed by atoms with Crippen LogP contribution in [0.5, 0.6) is 11.5 Å². The van der Waals surface area contributed by atoms with Gasteiger partial charge in [0.1, 0.15) is 0 Å². The van der Waals surface area contributed by atoms with Crippen molar-refractivity contribution in [2.45, 2.75) is 32.5 Å². The van der Waals surface area contributed by atoms with E-state index in [2.05, 4.69) is 15.9 Å². The van der Waals surface area contributed by atoms with Gasteiger partial charge in [-0.3, -0.25) is 0 Å². The summed E-state index contributed by atoms with van der Waals surface area (Å²) in [6.07, 6.45) is 1.79. The molecule has 0 amide bonds. The zero-order valence-corrected chi connectivity index (χ0v) is 14.5. The minimum Gasteiger partial charge on any atom is -0.465 e. The van der Waals surface area contributed by atoms with Gasteiger partial charge in [-0.05, 0) is 41.8 Å². The molecule has 1 saturated heterocycles. The van der Waals surface area contributed by atoms with E-state index in [0.717, 1.165) is 31.6 Å². The van der Waals surface area contributed by atoms with Crippen molar-refractivity contribution in [3.63, 3.8) is 0 Å². The van der Waals surface area contributed by atoms with Gasteiger partial charge in [-0.1, -0.05) is 0 Å². The van der Waals surface area contributed by atoms with E-state index in [1.165, 1.54) is 7.11 Å². The molecule has 1 aromatic rings. The lowest BCUT2D eigenvalue weighted by atomic mass is 9.92. The van der Waals surface area contributed by atoms with E-state index in [1.54, 1.807) is 6.07 Å². The summed E-state index contributed by atoms with van der Waals surface area (Å²) in [5.74, 6) is 0.405. The van der Waals surface area contributed by atoms with Crippen molar-refractivity contribution in [2.24, 2.45) is 5.92 Å². The molecule has 1 fully saturated rings. The average molecular weight is 371 g/mol. The normalized spacial score (nSPS) is 24.4. The molecule has 0 aromatic heterocycles. The van der Waals surface area contributed by atoms with E-state index in [9.17, 15) is 4.79 Å². The first kappa shape index (κ1) is 15.6. The van der Waals surface area contributed by atoms with Crippen LogP contribution in [-0.4, -0.2) is 32.1 Å². The highest BCUT2D eigenvalue weighted by atomic mass is 79.9. The molecule has 0 N–H and O–H groups in total. The molecule has 1 unspecified atom stereocenters. The lowest BCUT2D eigenvalue weighted by Gasteiger charge is -2.34. The summed E-state index contributed by atoms with van der Waals surface area (Å²) >= 11 is 3.47. The molecule has 0 radical (unpaired) electrons. The summed E-state index contributed by atoms with van der Waals surface area (Å²) in [6, 6.07) is 1.72. The number of rotatable bonds is 2. The molecule has 6 heteroatoms. The molecule has 0 bridgehead atoms. The zero-order valence-electron chi connectivity index (χ0n) is 12.9. The summed E-state index contributed by atoms with van der Waals surface area (Å²) < 4.78 is 23.2. The number of esters is 1. The molecule has 0 aliphatic carbocycles. The predicted molar refractivity (Wildman–Crippen MR) is 83.4 cm³/mol. The third-order valence-electron chi connectivity index (χ3n) is 4.42. The van der Waals surface area contributed by atoms with Gasteiger partial charge >= 0.3 is 5.97 Å². The average Bonchev–Trinajstić information content (AvgIpc) is 2.91. The van der Waals surface area contributed by atoms with Crippen LogP contribution in [0.2, 0.25) is 0 Å². The molecule has 5 nitrogen and oxygen atoms in total. The van der Waals surface area contributed by atoms with Gasteiger partial charge in [0, 0.05) is 31.6 Å². The highest BCUT2D eigenvalue weighted by Gasteiger charge is 2.46. The molecule has 1 atom stereocenters. The van der Waals surface area contributed by atoms with Crippen molar-refractivity contribution < 1.29 is 23.7 Å². The summed E-state index contributed by atoms with van der Waals surface area (Å²) in [7, 11) is 1.37. The topological polar surface area (TPSA) is 54.0 Å². The van der Waals surface area contributed by atoms with Gasteiger partial charge in [0.05, 0.1) is 17.1 Å². The fourth-order valence-corrected chi connectivity index (χ4v) is 3.55. The minimum atomic E-state index is -0.728. The molecule has 0 spiro atoms. The molecule has 3 rings (SSSR count). The monoisotopic (exact) mass is 370 g/mol. The second kappa shape index (κ2) is 5.74. The maximum atomic E-state index is 11.9. The number of fused-ring (bicyclic) bond motifs is 1. The Kier molecular flexibility index (Phi) is 4.07. The molecule has 0 saturated carbocycles. The lowest BCUT2D eigenvalue weighted by Crippen LogP contribution is -2.45. The molecule has 2 heterocycles. The third kappa shape index (κ3) is 2.48. The first-order chi connectivity index (χ1) is 10.5.